The highest BCUT2D eigenvalue weighted by atomic mass is 32.2. The van der Waals surface area contributed by atoms with Crippen LogP contribution < -0.4 is 0 Å². The summed E-state index contributed by atoms with van der Waals surface area (Å²) in [4.78, 5) is 0. The Labute approximate surface area is 59.8 Å². The van der Waals surface area contributed by atoms with Crippen molar-refractivity contribution in [2.45, 2.75) is 24.3 Å². The summed E-state index contributed by atoms with van der Waals surface area (Å²) in [5.74, 6) is 2.71. The van der Waals surface area contributed by atoms with Crippen molar-refractivity contribution < 1.29 is 0 Å². The molecule has 1 aliphatic heterocycles. The second-order valence-corrected chi connectivity index (χ2v) is 5.25. The first-order valence-corrected chi connectivity index (χ1v) is 5.12. The van der Waals surface area contributed by atoms with E-state index >= 15 is 0 Å². The molecule has 0 unspecified atom stereocenters. The molecule has 0 radical (unpaired) electrons. The van der Waals surface area contributed by atoms with E-state index in [1.807, 2.05) is 0 Å². The first-order chi connectivity index (χ1) is 3.79. The minimum atomic E-state index is 0.892. The zero-order valence-electron chi connectivity index (χ0n) is 5.39. The summed E-state index contributed by atoms with van der Waals surface area (Å²) in [6.07, 6.45) is 0. The molecule has 0 aromatic carbocycles. The lowest BCUT2D eigenvalue weighted by Crippen LogP contribution is -2.16. The van der Waals surface area contributed by atoms with Crippen LogP contribution in [0, 0.1) is 0 Å². The fourth-order valence-corrected chi connectivity index (χ4v) is 3.67. The van der Waals surface area contributed by atoms with E-state index in [1.54, 1.807) is 0 Å². The van der Waals surface area contributed by atoms with E-state index in [4.69, 9.17) is 0 Å². The van der Waals surface area contributed by atoms with Crippen LogP contribution in [0.4, 0.5) is 0 Å². The highest BCUT2D eigenvalue weighted by Crippen LogP contribution is 2.29. The molecule has 0 aromatic rings. The molecule has 0 saturated carbocycles. The van der Waals surface area contributed by atoms with Gasteiger partial charge < -0.3 is 0 Å². The molecule has 1 saturated heterocycles. The zero-order valence-corrected chi connectivity index (χ0v) is 7.02. The van der Waals surface area contributed by atoms with Gasteiger partial charge in [0.05, 0.1) is 0 Å². The van der Waals surface area contributed by atoms with Crippen LogP contribution in [0.15, 0.2) is 0 Å². The van der Waals surface area contributed by atoms with E-state index in [0.29, 0.717) is 0 Å². The molecule has 8 heavy (non-hydrogen) atoms. The fraction of sp³-hybridized carbons (Fsp3) is 1.00. The summed E-state index contributed by atoms with van der Waals surface area (Å²) in [5, 5.41) is 1.78. The Balaban J connectivity index is 2.23. The summed E-state index contributed by atoms with van der Waals surface area (Å²) in [7, 11) is 0. The van der Waals surface area contributed by atoms with Crippen molar-refractivity contribution in [3.8, 4) is 0 Å². The van der Waals surface area contributed by atoms with Gasteiger partial charge in [-0.1, -0.05) is 13.8 Å². The molecular weight excluding hydrogens is 136 g/mol. The molecule has 2 atom stereocenters. The van der Waals surface area contributed by atoms with Crippen molar-refractivity contribution in [2.75, 3.05) is 11.5 Å². The van der Waals surface area contributed by atoms with Gasteiger partial charge in [0, 0.05) is 22.0 Å². The molecular formula is C6H12S2. The van der Waals surface area contributed by atoms with Crippen LogP contribution >= 0.6 is 23.5 Å². The Morgan fingerprint density at radius 1 is 1.12 bits per heavy atom. The molecule has 0 aromatic heterocycles. The maximum absolute atomic E-state index is 2.31. The third-order valence-electron chi connectivity index (χ3n) is 1.17. The topological polar surface area (TPSA) is 0 Å². The standard InChI is InChI=1S/C6H12S2/c1-5-3-7-4-6(2)8-5/h5-6H,3-4H2,1-2H3/t5-,6-/m1/s1. The van der Waals surface area contributed by atoms with Gasteiger partial charge in [-0.25, -0.2) is 0 Å². The van der Waals surface area contributed by atoms with Gasteiger partial charge in [-0.15, -0.1) is 0 Å². The Morgan fingerprint density at radius 3 is 1.88 bits per heavy atom. The predicted octanol–water partition coefficient (Wildman–Crippen LogP) is 2.24. The van der Waals surface area contributed by atoms with Crippen molar-refractivity contribution in [2.24, 2.45) is 0 Å². The van der Waals surface area contributed by atoms with Gasteiger partial charge in [-0.2, -0.15) is 23.5 Å². The summed E-state index contributed by atoms with van der Waals surface area (Å²) in [6, 6.07) is 0. The number of thioether (sulfide) groups is 2. The molecule has 1 fully saturated rings. The maximum Gasteiger partial charge on any atom is 0.0112 e. The molecule has 0 N–H and O–H groups in total. The summed E-state index contributed by atoms with van der Waals surface area (Å²) in [5.41, 5.74) is 0. The highest BCUT2D eigenvalue weighted by Gasteiger charge is 2.14. The van der Waals surface area contributed by atoms with Crippen molar-refractivity contribution in [3.63, 3.8) is 0 Å². The molecule has 1 rings (SSSR count). The quantitative estimate of drug-likeness (QED) is 0.517. The van der Waals surface area contributed by atoms with Gasteiger partial charge in [-0.05, 0) is 0 Å². The van der Waals surface area contributed by atoms with Gasteiger partial charge in [0.15, 0.2) is 0 Å². The van der Waals surface area contributed by atoms with Crippen LogP contribution in [0.2, 0.25) is 0 Å². The third kappa shape index (κ3) is 1.90. The van der Waals surface area contributed by atoms with E-state index < -0.39 is 0 Å². The average Bonchev–Trinajstić information content (AvgIpc) is 1.64. The molecule has 0 aliphatic carbocycles. The smallest absolute Gasteiger partial charge is 0.0112 e. The first kappa shape index (κ1) is 6.81. The lowest BCUT2D eigenvalue weighted by molar-refractivity contribution is 1.04. The predicted molar refractivity (Wildman–Crippen MR) is 43.8 cm³/mol. The van der Waals surface area contributed by atoms with E-state index in [0.717, 1.165) is 10.5 Å². The molecule has 0 amide bonds. The van der Waals surface area contributed by atoms with Gasteiger partial charge >= 0.3 is 0 Å². The summed E-state index contributed by atoms with van der Waals surface area (Å²) < 4.78 is 0. The summed E-state index contributed by atoms with van der Waals surface area (Å²) in [6.45, 7) is 4.63. The minimum Gasteiger partial charge on any atom is -0.160 e. The zero-order chi connectivity index (χ0) is 5.98. The first-order valence-electron chi connectivity index (χ1n) is 3.02. The SMILES string of the molecule is C[C@@H]1CSC[C@@H](C)S1. The van der Waals surface area contributed by atoms with Crippen LogP contribution in [0.5, 0.6) is 0 Å². The largest absolute Gasteiger partial charge is 0.160 e. The second-order valence-electron chi connectivity index (χ2n) is 2.29. The van der Waals surface area contributed by atoms with E-state index in [-0.39, 0.29) is 0 Å². The van der Waals surface area contributed by atoms with E-state index in [1.165, 1.54) is 11.5 Å². The van der Waals surface area contributed by atoms with Gasteiger partial charge in [0.2, 0.25) is 0 Å². The molecule has 0 spiro atoms. The Hall–Kier alpha value is 0.700. The van der Waals surface area contributed by atoms with E-state index in [9.17, 15) is 0 Å². The van der Waals surface area contributed by atoms with Crippen LogP contribution in [0.1, 0.15) is 13.8 Å². The minimum absolute atomic E-state index is 0.892. The Bertz CT molecular complexity index is 64.9. The normalized spacial score (nSPS) is 39.8. The number of hydrogen-bond acceptors (Lipinski definition) is 2. The van der Waals surface area contributed by atoms with Crippen molar-refractivity contribution in [1.29, 1.82) is 0 Å². The van der Waals surface area contributed by atoms with Gasteiger partial charge in [-0.3, -0.25) is 0 Å². The summed E-state index contributed by atoms with van der Waals surface area (Å²) >= 11 is 4.21. The van der Waals surface area contributed by atoms with E-state index in [2.05, 4.69) is 37.4 Å². The number of rotatable bonds is 0. The second kappa shape index (κ2) is 3.02. The molecule has 48 valence electrons. The monoisotopic (exact) mass is 148 g/mol. The van der Waals surface area contributed by atoms with Crippen molar-refractivity contribution in [1.82, 2.24) is 0 Å². The van der Waals surface area contributed by atoms with Crippen molar-refractivity contribution in [3.05, 3.63) is 0 Å². The Morgan fingerprint density at radius 2 is 1.62 bits per heavy atom. The molecule has 2 heteroatoms. The molecule has 1 aliphatic rings. The molecule has 1 heterocycles. The fourth-order valence-electron chi connectivity index (χ4n) is 0.875. The Kier molecular flexibility index (Phi) is 2.57. The van der Waals surface area contributed by atoms with Crippen molar-refractivity contribution >= 4 is 23.5 Å². The average molecular weight is 148 g/mol. The number of hydrogen-bond donors (Lipinski definition) is 0. The van der Waals surface area contributed by atoms with Crippen LogP contribution in [0.25, 0.3) is 0 Å². The third-order valence-corrected chi connectivity index (χ3v) is 4.33. The maximum atomic E-state index is 2.31. The van der Waals surface area contributed by atoms with Gasteiger partial charge in [0.25, 0.3) is 0 Å². The van der Waals surface area contributed by atoms with Gasteiger partial charge in [0.1, 0.15) is 0 Å². The lowest BCUT2D eigenvalue weighted by Gasteiger charge is -2.22. The van der Waals surface area contributed by atoms with Crippen LogP contribution in [-0.2, 0) is 0 Å². The molecule has 0 bridgehead atoms. The van der Waals surface area contributed by atoms with Crippen LogP contribution in [0.3, 0.4) is 0 Å². The molecule has 0 nitrogen and oxygen atoms in total. The van der Waals surface area contributed by atoms with Crippen LogP contribution in [-0.4, -0.2) is 22.0 Å². The lowest BCUT2D eigenvalue weighted by atomic mass is 10.5. The highest BCUT2D eigenvalue weighted by molar-refractivity contribution is 8.07.